The van der Waals surface area contributed by atoms with Crippen LogP contribution in [0.15, 0.2) is 24.5 Å². The summed E-state index contributed by atoms with van der Waals surface area (Å²) in [4.78, 5) is 14.6. The van der Waals surface area contributed by atoms with E-state index in [4.69, 9.17) is 16.6 Å². The zero-order valence-electron chi connectivity index (χ0n) is 17.2. The highest BCUT2D eigenvalue weighted by molar-refractivity contribution is 6.30. The van der Waals surface area contributed by atoms with E-state index in [0.717, 1.165) is 29.7 Å². The lowest BCUT2D eigenvalue weighted by Crippen LogP contribution is -2.45. The van der Waals surface area contributed by atoms with E-state index >= 15 is 0 Å². The Bertz CT molecular complexity index is 946. The Labute approximate surface area is 178 Å². The Morgan fingerprint density at radius 3 is 2.76 bits per heavy atom. The lowest BCUT2D eigenvalue weighted by molar-refractivity contribution is 0.161. The van der Waals surface area contributed by atoms with Crippen molar-refractivity contribution < 1.29 is 0 Å². The summed E-state index contributed by atoms with van der Waals surface area (Å²) in [5, 5.41) is 0.853. The van der Waals surface area contributed by atoms with Gasteiger partial charge in [-0.05, 0) is 87.2 Å². The van der Waals surface area contributed by atoms with Gasteiger partial charge in [-0.2, -0.15) is 0 Å². The van der Waals surface area contributed by atoms with Crippen molar-refractivity contribution in [3.63, 3.8) is 0 Å². The number of halogens is 1. The third-order valence-electron chi connectivity index (χ3n) is 7.82. The predicted molar refractivity (Wildman–Crippen MR) is 117 cm³/mol. The van der Waals surface area contributed by atoms with Crippen molar-refractivity contribution in [2.24, 2.45) is 5.92 Å². The van der Waals surface area contributed by atoms with Crippen molar-refractivity contribution in [2.75, 3.05) is 31.1 Å². The molecular formula is C24H29ClN4. The summed E-state index contributed by atoms with van der Waals surface area (Å²) in [5.74, 6) is 2.64. The first-order chi connectivity index (χ1) is 14.1. The number of aromatic nitrogens is 2. The van der Waals surface area contributed by atoms with Gasteiger partial charge in [0.25, 0.3) is 0 Å². The van der Waals surface area contributed by atoms with Gasteiger partial charge in [-0.15, -0.1) is 0 Å². The van der Waals surface area contributed by atoms with Gasteiger partial charge >= 0.3 is 0 Å². The Morgan fingerprint density at radius 2 is 1.97 bits per heavy atom. The van der Waals surface area contributed by atoms with Crippen LogP contribution in [-0.2, 0) is 11.8 Å². The minimum atomic E-state index is 0.194. The molecule has 1 saturated heterocycles. The maximum atomic E-state index is 6.49. The van der Waals surface area contributed by atoms with E-state index in [0.29, 0.717) is 5.92 Å². The Morgan fingerprint density at radius 1 is 1.14 bits per heavy atom. The number of benzene rings is 1. The number of fused-ring (bicyclic) bond motifs is 3. The molecule has 152 valence electrons. The molecule has 1 aromatic heterocycles. The first-order valence-corrected chi connectivity index (χ1v) is 11.6. The standard InChI is InChI=1S/C24H29ClN4/c1-16-2-6-20-22(16)23(27-15-26-20)29-14-24(19-12-18(25)5-7-21(19)29)8-10-28(11-9-24)13-17-3-4-17/h5,7,12,15-17H,2-4,6,8-11,13-14H2,1H3. The molecule has 5 heteroatoms. The molecule has 2 aliphatic carbocycles. The molecule has 4 aliphatic rings. The molecule has 2 aromatic rings. The van der Waals surface area contributed by atoms with Crippen molar-refractivity contribution in [1.29, 1.82) is 0 Å². The van der Waals surface area contributed by atoms with Crippen molar-refractivity contribution in [2.45, 2.75) is 56.8 Å². The fraction of sp³-hybridized carbons (Fsp3) is 0.583. The normalized spacial score (nSPS) is 25.4. The number of likely N-dealkylation sites (tertiary alicyclic amines) is 1. The van der Waals surface area contributed by atoms with E-state index in [9.17, 15) is 0 Å². The van der Waals surface area contributed by atoms with Crippen molar-refractivity contribution >= 4 is 23.1 Å². The first kappa shape index (κ1) is 18.1. The zero-order valence-corrected chi connectivity index (χ0v) is 18.0. The summed E-state index contributed by atoms with van der Waals surface area (Å²) in [7, 11) is 0. The molecular weight excluding hydrogens is 380 g/mol. The van der Waals surface area contributed by atoms with Gasteiger partial charge in [0.2, 0.25) is 0 Å². The monoisotopic (exact) mass is 408 g/mol. The minimum absolute atomic E-state index is 0.194. The lowest BCUT2D eigenvalue weighted by Gasteiger charge is -2.40. The minimum Gasteiger partial charge on any atom is -0.325 e. The second-order valence-electron chi connectivity index (χ2n) is 9.77. The third-order valence-corrected chi connectivity index (χ3v) is 8.05. The van der Waals surface area contributed by atoms with Crippen LogP contribution in [0.4, 0.5) is 11.5 Å². The molecule has 0 amide bonds. The molecule has 0 bridgehead atoms. The highest BCUT2D eigenvalue weighted by Crippen LogP contribution is 2.52. The zero-order chi connectivity index (χ0) is 19.6. The molecule has 1 spiro atoms. The lowest BCUT2D eigenvalue weighted by atomic mass is 9.74. The summed E-state index contributed by atoms with van der Waals surface area (Å²) in [6.45, 7) is 7.06. The number of aryl methyl sites for hydroxylation is 1. The number of hydrogen-bond donors (Lipinski definition) is 0. The summed E-state index contributed by atoms with van der Waals surface area (Å²) < 4.78 is 0. The molecule has 1 saturated carbocycles. The highest BCUT2D eigenvalue weighted by atomic mass is 35.5. The van der Waals surface area contributed by atoms with E-state index < -0.39 is 0 Å². The molecule has 0 N–H and O–H groups in total. The average molecular weight is 409 g/mol. The van der Waals surface area contributed by atoms with E-state index in [1.54, 1.807) is 6.33 Å². The highest BCUT2D eigenvalue weighted by Gasteiger charge is 2.46. The van der Waals surface area contributed by atoms with Gasteiger partial charge in [0.1, 0.15) is 12.1 Å². The van der Waals surface area contributed by atoms with Gasteiger partial charge in [-0.25, -0.2) is 9.97 Å². The summed E-state index contributed by atoms with van der Waals surface area (Å²) >= 11 is 6.49. The van der Waals surface area contributed by atoms with Crippen LogP contribution < -0.4 is 4.90 Å². The molecule has 29 heavy (non-hydrogen) atoms. The molecule has 6 rings (SSSR count). The summed E-state index contributed by atoms with van der Waals surface area (Å²) in [6, 6.07) is 6.49. The summed E-state index contributed by atoms with van der Waals surface area (Å²) in [5.41, 5.74) is 5.56. The maximum absolute atomic E-state index is 6.49. The quantitative estimate of drug-likeness (QED) is 0.709. The molecule has 1 unspecified atom stereocenters. The van der Waals surface area contributed by atoms with E-state index in [1.165, 1.54) is 74.2 Å². The van der Waals surface area contributed by atoms with Crippen LogP contribution in [-0.4, -0.2) is 41.0 Å². The maximum Gasteiger partial charge on any atom is 0.140 e. The van der Waals surface area contributed by atoms with Crippen LogP contribution in [0.2, 0.25) is 5.02 Å². The van der Waals surface area contributed by atoms with Crippen LogP contribution in [0.1, 0.15) is 61.8 Å². The fourth-order valence-corrected chi connectivity index (χ4v) is 6.10. The van der Waals surface area contributed by atoms with Gasteiger partial charge < -0.3 is 9.80 Å². The molecule has 3 heterocycles. The Hall–Kier alpha value is -1.65. The number of piperidine rings is 1. The van der Waals surface area contributed by atoms with E-state index in [-0.39, 0.29) is 5.41 Å². The van der Waals surface area contributed by atoms with Crippen LogP contribution in [0, 0.1) is 5.92 Å². The fourth-order valence-electron chi connectivity index (χ4n) is 5.93. The molecule has 1 atom stereocenters. The van der Waals surface area contributed by atoms with Gasteiger partial charge in [0.15, 0.2) is 0 Å². The first-order valence-electron chi connectivity index (χ1n) is 11.3. The molecule has 4 nitrogen and oxygen atoms in total. The van der Waals surface area contributed by atoms with Gasteiger partial charge in [0, 0.05) is 40.5 Å². The van der Waals surface area contributed by atoms with Crippen molar-refractivity contribution in [1.82, 2.24) is 14.9 Å². The van der Waals surface area contributed by atoms with Gasteiger partial charge in [-0.3, -0.25) is 0 Å². The molecule has 0 radical (unpaired) electrons. The number of anilines is 2. The second-order valence-corrected chi connectivity index (χ2v) is 10.2. The van der Waals surface area contributed by atoms with Crippen LogP contribution in [0.3, 0.4) is 0 Å². The van der Waals surface area contributed by atoms with E-state index in [2.05, 4.69) is 33.8 Å². The third kappa shape index (κ3) is 2.98. The number of hydrogen-bond acceptors (Lipinski definition) is 4. The largest absolute Gasteiger partial charge is 0.325 e. The molecule has 1 aromatic carbocycles. The van der Waals surface area contributed by atoms with Crippen molar-refractivity contribution in [3.05, 3.63) is 46.4 Å². The molecule has 2 aliphatic heterocycles. The van der Waals surface area contributed by atoms with Gasteiger partial charge in [-0.1, -0.05) is 18.5 Å². The Balaban J connectivity index is 1.37. The van der Waals surface area contributed by atoms with Gasteiger partial charge in [0.05, 0.1) is 0 Å². The average Bonchev–Trinajstić information content (AvgIpc) is 3.40. The molecule has 2 fully saturated rings. The van der Waals surface area contributed by atoms with E-state index in [1.807, 2.05) is 6.07 Å². The number of rotatable bonds is 3. The Kier molecular flexibility index (Phi) is 4.18. The van der Waals surface area contributed by atoms with Crippen LogP contribution >= 0.6 is 11.6 Å². The van der Waals surface area contributed by atoms with Crippen LogP contribution in [0.25, 0.3) is 0 Å². The van der Waals surface area contributed by atoms with Crippen LogP contribution in [0.5, 0.6) is 0 Å². The topological polar surface area (TPSA) is 32.3 Å². The number of nitrogens with zero attached hydrogens (tertiary/aromatic N) is 4. The SMILES string of the molecule is CC1CCc2ncnc(N3CC4(CCN(CC5CC5)CC4)c4cc(Cl)ccc43)c21. The second kappa shape index (κ2) is 6.68. The van der Waals surface area contributed by atoms with Crippen molar-refractivity contribution in [3.8, 4) is 0 Å². The smallest absolute Gasteiger partial charge is 0.140 e. The predicted octanol–water partition coefficient (Wildman–Crippen LogP) is 5.08. The summed E-state index contributed by atoms with van der Waals surface area (Å²) in [6.07, 6.45) is 9.33.